The molecule has 1 atom stereocenters. The number of carbonyl (C=O) groups excluding carboxylic acids is 3. The largest absolute Gasteiger partial charge is 0.461 e. The lowest BCUT2D eigenvalue weighted by atomic mass is 10.0. The van der Waals surface area contributed by atoms with Crippen molar-refractivity contribution in [3.8, 4) is 0 Å². The zero-order valence-electron chi connectivity index (χ0n) is 15.3. The van der Waals surface area contributed by atoms with Gasteiger partial charge in [0.15, 0.2) is 6.61 Å². The van der Waals surface area contributed by atoms with Crippen molar-refractivity contribution in [2.75, 3.05) is 26.3 Å². The average molecular weight is 350 g/mol. The molecule has 0 saturated carbocycles. The first-order valence-electron chi connectivity index (χ1n) is 8.66. The fourth-order valence-corrected chi connectivity index (χ4v) is 3.17. The number of aromatic amines is 1. The molecule has 2 heterocycles. The Hall–Kier alpha value is -2.31. The molecular weight excluding hydrogens is 324 g/mol. The molecule has 0 bridgehead atoms. The van der Waals surface area contributed by atoms with Crippen LogP contribution >= 0.6 is 0 Å². The Balaban J connectivity index is 2.01. The Labute approximate surface area is 147 Å². The molecule has 0 aromatic carbocycles. The lowest BCUT2D eigenvalue weighted by molar-refractivity contribution is -0.136. The molecule has 1 N–H and O–H groups in total. The number of amides is 1. The van der Waals surface area contributed by atoms with Crippen molar-refractivity contribution in [1.82, 2.24) is 9.88 Å². The molecule has 1 fully saturated rings. The number of likely N-dealkylation sites (tertiary alicyclic amines) is 1. The van der Waals surface area contributed by atoms with Gasteiger partial charge in [0.2, 0.25) is 0 Å². The van der Waals surface area contributed by atoms with E-state index in [9.17, 15) is 14.4 Å². The molecule has 1 unspecified atom stereocenters. The first-order valence-corrected chi connectivity index (χ1v) is 8.66. The summed E-state index contributed by atoms with van der Waals surface area (Å²) in [4.78, 5) is 41.1. The SMILES string of the molecule is CCOC(=O)c1[nH]c(C)c(C(=O)OCC(=O)N2CCCC(C)C2)c1C. The van der Waals surface area contributed by atoms with E-state index in [0.29, 0.717) is 30.3 Å². The molecule has 0 spiro atoms. The molecule has 1 aromatic heterocycles. The van der Waals surface area contributed by atoms with Crippen LogP contribution in [0.1, 0.15) is 58.8 Å². The number of aryl methyl sites for hydroxylation is 1. The number of aromatic nitrogens is 1. The molecule has 7 nitrogen and oxygen atoms in total. The van der Waals surface area contributed by atoms with Crippen molar-refractivity contribution >= 4 is 17.8 Å². The highest BCUT2D eigenvalue weighted by Crippen LogP contribution is 2.20. The van der Waals surface area contributed by atoms with Gasteiger partial charge in [-0.25, -0.2) is 9.59 Å². The standard InChI is InChI=1S/C18H26N2O5/c1-5-24-18(23)16-12(3)15(13(4)19-16)17(22)25-10-14(21)20-8-6-7-11(2)9-20/h11,19H,5-10H2,1-4H3. The molecule has 25 heavy (non-hydrogen) atoms. The number of hydrogen-bond donors (Lipinski definition) is 1. The zero-order valence-corrected chi connectivity index (χ0v) is 15.3. The summed E-state index contributed by atoms with van der Waals surface area (Å²) >= 11 is 0. The highest BCUT2D eigenvalue weighted by Gasteiger charge is 2.26. The number of piperidine rings is 1. The molecule has 1 aliphatic heterocycles. The van der Waals surface area contributed by atoms with E-state index in [-0.39, 0.29) is 30.4 Å². The van der Waals surface area contributed by atoms with Crippen LogP contribution in [0.25, 0.3) is 0 Å². The second-order valence-electron chi connectivity index (χ2n) is 6.51. The molecule has 1 aliphatic rings. The van der Waals surface area contributed by atoms with Gasteiger partial charge >= 0.3 is 11.9 Å². The van der Waals surface area contributed by atoms with Gasteiger partial charge in [0, 0.05) is 18.8 Å². The smallest absolute Gasteiger partial charge is 0.355 e. The molecule has 1 aromatic rings. The van der Waals surface area contributed by atoms with Gasteiger partial charge in [-0.3, -0.25) is 4.79 Å². The number of nitrogens with one attached hydrogen (secondary N) is 1. The summed E-state index contributed by atoms with van der Waals surface area (Å²) in [5, 5.41) is 0. The van der Waals surface area contributed by atoms with E-state index < -0.39 is 11.9 Å². The van der Waals surface area contributed by atoms with E-state index in [4.69, 9.17) is 9.47 Å². The summed E-state index contributed by atoms with van der Waals surface area (Å²) in [6, 6.07) is 0. The normalized spacial score (nSPS) is 17.3. The summed E-state index contributed by atoms with van der Waals surface area (Å²) in [6.45, 7) is 8.52. The van der Waals surface area contributed by atoms with Gasteiger partial charge in [-0.2, -0.15) is 0 Å². The van der Waals surface area contributed by atoms with Crippen molar-refractivity contribution in [3.63, 3.8) is 0 Å². The minimum atomic E-state index is -0.611. The Morgan fingerprint density at radius 3 is 2.56 bits per heavy atom. The highest BCUT2D eigenvalue weighted by atomic mass is 16.5. The van der Waals surface area contributed by atoms with Gasteiger partial charge in [-0.05, 0) is 45.1 Å². The molecule has 1 amide bonds. The molecule has 0 aliphatic carbocycles. The summed E-state index contributed by atoms with van der Waals surface area (Å²) in [6.07, 6.45) is 2.09. The van der Waals surface area contributed by atoms with Crippen LogP contribution in [0.5, 0.6) is 0 Å². The van der Waals surface area contributed by atoms with Gasteiger partial charge in [0.1, 0.15) is 5.69 Å². The first kappa shape index (κ1) is 19.0. The Morgan fingerprint density at radius 1 is 1.20 bits per heavy atom. The number of carbonyl (C=O) groups is 3. The van der Waals surface area contributed by atoms with E-state index in [0.717, 1.165) is 12.8 Å². The Bertz CT molecular complexity index is 665. The number of hydrogen-bond acceptors (Lipinski definition) is 5. The van der Waals surface area contributed by atoms with Crippen molar-refractivity contribution in [1.29, 1.82) is 0 Å². The summed E-state index contributed by atoms with van der Waals surface area (Å²) in [5.74, 6) is -0.841. The van der Waals surface area contributed by atoms with Crippen LogP contribution in [-0.4, -0.2) is 54.0 Å². The van der Waals surface area contributed by atoms with Crippen molar-refractivity contribution < 1.29 is 23.9 Å². The molecule has 0 radical (unpaired) electrons. The third kappa shape index (κ3) is 4.41. The number of ether oxygens (including phenoxy) is 2. The second-order valence-corrected chi connectivity index (χ2v) is 6.51. The predicted molar refractivity (Wildman–Crippen MR) is 91.5 cm³/mol. The fraction of sp³-hybridized carbons (Fsp3) is 0.611. The quantitative estimate of drug-likeness (QED) is 0.823. The summed E-state index contributed by atoms with van der Waals surface area (Å²) in [7, 11) is 0. The van der Waals surface area contributed by atoms with Gasteiger partial charge in [0.05, 0.1) is 12.2 Å². The topological polar surface area (TPSA) is 88.7 Å². The van der Waals surface area contributed by atoms with Crippen LogP contribution in [0.4, 0.5) is 0 Å². The van der Waals surface area contributed by atoms with E-state index in [1.807, 2.05) is 0 Å². The monoisotopic (exact) mass is 350 g/mol. The van der Waals surface area contributed by atoms with Crippen LogP contribution in [-0.2, 0) is 14.3 Å². The average Bonchev–Trinajstić information content (AvgIpc) is 2.87. The minimum absolute atomic E-state index is 0.184. The minimum Gasteiger partial charge on any atom is -0.461 e. The van der Waals surface area contributed by atoms with Crippen LogP contribution in [0.3, 0.4) is 0 Å². The van der Waals surface area contributed by atoms with Crippen LogP contribution < -0.4 is 0 Å². The van der Waals surface area contributed by atoms with Crippen LogP contribution in [0.2, 0.25) is 0 Å². The molecule has 7 heteroatoms. The van der Waals surface area contributed by atoms with Gasteiger partial charge in [-0.15, -0.1) is 0 Å². The van der Waals surface area contributed by atoms with E-state index >= 15 is 0 Å². The number of esters is 2. The van der Waals surface area contributed by atoms with Gasteiger partial charge < -0.3 is 19.4 Å². The maximum atomic E-state index is 12.4. The molecule has 1 saturated heterocycles. The second kappa shape index (κ2) is 8.18. The lowest BCUT2D eigenvalue weighted by Gasteiger charge is -2.30. The molecular formula is C18H26N2O5. The number of H-pyrrole nitrogens is 1. The zero-order chi connectivity index (χ0) is 18.6. The summed E-state index contributed by atoms with van der Waals surface area (Å²) < 4.78 is 10.2. The third-order valence-corrected chi connectivity index (χ3v) is 4.46. The van der Waals surface area contributed by atoms with Crippen molar-refractivity contribution in [2.24, 2.45) is 5.92 Å². The van der Waals surface area contributed by atoms with Crippen LogP contribution in [0, 0.1) is 19.8 Å². The number of nitrogens with zero attached hydrogens (tertiary/aromatic N) is 1. The Morgan fingerprint density at radius 2 is 1.92 bits per heavy atom. The van der Waals surface area contributed by atoms with E-state index in [2.05, 4.69) is 11.9 Å². The van der Waals surface area contributed by atoms with Crippen molar-refractivity contribution in [3.05, 3.63) is 22.5 Å². The maximum Gasteiger partial charge on any atom is 0.355 e. The summed E-state index contributed by atoms with van der Waals surface area (Å²) in [5.41, 5.74) is 1.51. The third-order valence-electron chi connectivity index (χ3n) is 4.46. The van der Waals surface area contributed by atoms with Gasteiger partial charge in [0.25, 0.3) is 5.91 Å². The lowest BCUT2D eigenvalue weighted by Crippen LogP contribution is -2.41. The first-order chi connectivity index (χ1) is 11.8. The number of rotatable bonds is 5. The Kier molecular flexibility index (Phi) is 6.22. The van der Waals surface area contributed by atoms with Crippen molar-refractivity contribution in [2.45, 2.75) is 40.5 Å². The predicted octanol–water partition coefficient (Wildman–Crippen LogP) is 2.22. The molecule has 2 rings (SSSR count). The maximum absolute atomic E-state index is 12.4. The fourth-order valence-electron chi connectivity index (χ4n) is 3.17. The highest BCUT2D eigenvalue weighted by molar-refractivity contribution is 5.99. The van der Waals surface area contributed by atoms with Gasteiger partial charge in [-0.1, -0.05) is 6.92 Å². The molecule has 138 valence electrons. The van der Waals surface area contributed by atoms with Crippen LogP contribution in [0.15, 0.2) is 0 Å². The van der Waals surface area contributed by atoms with E-state index in [1.165, 1.54) is 0 Å². The van der Waals surface area contributed by atoms with E-state index in [1.54, 1.807) is 25.7 Å².